The van der Waals surface area contributed by atoms with Crippen molar-refractivity contribution in [1.29, 1.82) is 0 Å². The number of hydrogen-bond donors (Lipinski definition) is 1. The highest BCUT2D eigenvalue weighted by atomic mass is 16.5. The number of aliphatic hydroxyl groups is 1. The van der Waals surface area contributed by atoms with Gasteiger partial charge in [0.05, 0.1) is 6.10 Å². The minimum atomic E-state index is -0.493. The minimum Gasteiger partial charge on any atom is -0.488 e. The SMILES string of the molecule is CC(=O)CCc1ccc(OC(C)C(C)O)cc1. The molecule has 0 spiro atoms. The van der Waals surface area contributed by atoms with Crippen LogP contribution in [-0.4, -0.2) is 23.1 Å². The summed E-state index contributed by atoms with van der Waals surface area (Å²) >= 11 is 0. The highest BCUT2D eigenvalue weighted by Crippen LogP contribution is 2.16. The fourth-order valence-electron chi connectivity index (χ4n) is 1.37. The molecular weight excluding hydrogens is 216 g/mol. The number of aryl methyl sites for hydroxylation is 1. The molecule has 0 fully saturated rings. The van der Waals surface area contributed by atoms with Crippen LogP contribution in [0.5, 0.6) is 5.75 Å². The van der Waals surface area contributed by atoms with E-state index >= 15 is 0 Å². The molecular formula is C14H20O3. The van der Waals surface area contributed by atoms with Gasteiger partial charge in [0.15, 0.2) is 0 Å². The molecule has 17 heavy (non-hydrogen) atoms. The molecule has 0 saturated heterocycles. The fourth-order valence-corrected chi connectivity index (χ4v) is 1.37. The van der Waals surface area contributed by atoms with E-state index in [-0.39, 0.29) is 11.9 Å². The molecule has 0 saturated carbocycles. The number of carbonyl (C=O) groups excluding carboxylic acids is 1. The number of ketones is 1. The quantitative estimate of drug-likeness (QED) is 0.824. The van der Waals surface area contributed by atoms with E-state index in [1.54, 1.807) is 13.8 Å². The summed E-state index contributed by atoms with van der Waals surface area (Å²) in [6.45, 7) is 5.13. The third-order valence-corrected chi connectivity index (χ3v) is 2.69. The first-order valence-corrected chi connectivity index (χ1v) is 5.92. The maximum atomic E-state index is 10.9. The minimum absolute atomic E-state index is 0.202. The molecule has 0 radical (unpaired) electrons. The molecule has 0 heterocycles. The van der Waals surface area contributed by atoms with Crippen LogP contribution in [0.25, 0.3) is 0 Å². The summed E-state index contributed by atoms with van der Waals surface area (Å²) in [7, 11) is 0. The number of Topliss-reactive ketones (excluding diaryl/α,β-unsaturated/α-hetero) is 1. The average molecular weight is 236 g/mol. The first-order valence-electron chi connectivity index (χ1n) is 5.92. The van der Waals surface area contributed by atoms with Crippen LogP contribution in [0.2, 0.25) is 0 Å². The molecule has 0 amide bonds. The van der Waals surface area contributed by atoms with Gasteiger partial charge in [-0.2, -0.15) is 0 Å². The molecule has 1 aromatic rings. The molecule has 1 rings (SSSR count). The second kappa shape index (κ2) is 6.40. The van der Waals surface area contributed by atoms with Crippen molar-refractivity contribution in [3.63, 3.8) is 0 Å². The molecule has 1 aromatic carbocycles. The Labute approximate surface area is 102 Å². The van der Waals surface area contributed by atoms with Crippen molar-refractivity contribution in [2.45, 2.75) is 45.8 Å². The van der Waals surface area contributed by atoms with Crippen LogP contribution in [0, 0.1) is 0 Å². The summed E-state index contributed by atoms with van der Waals surface area (Å²) in [6.07, 6.45) is 0.622. The lowest BCUT2D eigenvalue weighted by molar-refractivity contribution is -0.116. The number of rotatable bonds is 6. The normalized spacial score (nSPS) is 14.1. The van der Waals surface area contributed by atoms with Gasteiger partial charge in [0.2, 0.25) is 0 Å². The summed E-state index contributed by atoms with van der Waals surface area (Å²) < 4.78 is 5.54. The lowest BCUT2D eigenvalue weighted by Gasteiger charge is -2.17. The van der Waals surface area contributed by atoms with E-state index in [0.717, 1.165) is 17.7 Å². The molecule has 0 bridgehead atoms. The topological polar surface area (TPSA) is 46.5 Å². The van der Waals surface area contributed by atoms with Gasteiger partial charge in [-0.05, 0) is 44.9 Å². The van der Waals surface area contributed by atoms with Gasteiger partial charge in [-0.3, -0.25) is 0 Å². The van der Waals surface area contributed by atoms with Crippen molar-refractivity contribution in [3.05, 3.63) is 29.8 Å². The van der Waals surface area contributed by atoms with Crippen molar-refractivity contribution in [2.75, 3.05) is 0 Å². The van der Waals surface area contributed by atoms with E-state index in [1.807, 2.05) is 31.2 Å². The van der Waals surface area contributed by atoms with Crippen molar-refractivity contribution in [2.24, 2.45) is 0 Å². The molecule has 2 unspecified atom stereocenters. The van der Waals surface area contributed by atoms with E-state index in [0.29, 0.717) is 6.42 Å². The molecule has 94 valence electrons. The zero-order chi connectivity index (χ0) is 12.8. The number of aliphatic hydroxyl groups excluding tert-OH is 1. The second-order valence-corrected chi connectivity index (χ2v) is 4.41. The zero-order valence-corrected chi connectivity index (χ0v) is 10.6. The van der Waals surface area contributed by atoms with Crippen LogP contribution in [0.15, 0.2) is 24.3 Å². The monoisotopic (exact) mass is 236 g/mol. The van der Waals surface area contributed by atoms with E-state index in [1.165, 1.54) is 0 Å². The molecule has 3 heteroatoms. The van der Waals surface area contributed by atoms with Crippen molar-refractivity contribution in [3.8, 4) is 5.75 Å². The predicted molar refractivity (Wildman–Crippen MR) is 67.2 cm³/mol. The second-order valence-electron chi connectivity index (χ2n) is 4.41. The summed E-state index contributed by atoms with van der Waals surface area (Å²) in [4.78, 5) is 10.9. The Hall–Kier alpha value is -1.35. The molecule has 1 N–H and O–H groups in total. The Morgan fingerprint density at radius 3 is 2.35 bits per heavy atom. The predicted octanol–water partition coefficient (Wildman–Crippen LogP) is 2.36. The summed E-state index contributed by atoms with van der Waals surface area (Å²) in [5.41, 5.74) is 1.12. The van der Waals surface area contributed by atoms with Crippen LogP contribution in [-0.2, 0) is 11.2 Å². The van der Waals surface area contributed by atoms with Gasteiger partial charge in [-0.1, -0.05) is 12.1 Å². The molecule has 0 aromatic heterocycles. The third kappa shape index (κ3) is 5.00. The highest BCUT2D eigenvalue weighted by Gasteiger charge is 2.09. The first kappa shape index (κ1) is 13.7. The lowest BCUT2D eigenvalue weighted by Crippen LogP contribution is -2.25. The van der Waals surface area contributed by atoms with Crippen LogP contribution in [0.4, 0.5) is 0 Å². The number of carbonyl (C=O) groups is 1. The third-order valence-electron chi connectivity index (χ3n) is 2.69. The van der Waals surface area contributed by atoms with E-state index in [4.69, 9.17) is 4.74 Å². The Morgan fingerprint density at radius 1 is 1.29 bits per heavy atom. The van der Waals surface area contributed by atoms with Crippen molar-refractivity contribution >= 4 is 5.78 Å². The Balaban J connectivity index is 2.53. The number of benzene rings is 1. The number of ether oxygens (including phenoxy) is 1. The zero-order valence-electron chi connectivity index (χ0n) is 10.6. The lowest BCUT2D eigenvalue weighted by atomic mass is 10.1. The molecule has 2 atom stereocenters. The van der Waals surface area contributed by atoms with Gasteiger partial charge >= 0.3 is 0 Å². The van der Waals surface area contributed by atoms with E-state index in [9.17, 15) is 9.90 Å². The van der Waals surface area contributed by atoms with Gasteiger partial charge in [0.25, 0.3) is 0 Å². The maximum Gasteiger partial charge on any atom is 0.130 e. The summed E-state index contributed by atoms with van der Waals surface area (Å²) in [5, 5.41) is 9.32. The Bertz CT molecular complexity index is 354. The largest absolute Gasteiger partial charge is 0.488 e. The Kier molecular flexibility index (Phi) is 5.16. The molecule has 3 nitrogen and oxygen atoms in total. The van der Waals surface area contributed by atoms with Crippen molar-refractivity contribution < 1.29 is 14.6 Å². The van der Waals surface area contributed by atoms with Gasteiger partial charge in [0.1, 0.15) is 17.6 Å². The van der Waals surface area contributed by atoms with Gasteiger partial charge in [0, 0.05) is 6.42 Å². The van der Waals surface area contributed by atoms with Gasteiger partial charge in [-0.15, -0.1) is 0 Å². The Morgan fingerprint density at radius 2 is 1.88 bits per heavy atom. The molecule has 0 aliphatic rings. The number of hydrogen-bond acceptors (Lipinski definition) is 3. The van der Waals surface area contributed by atoms with Crippen LogP contribution in [0.1, 0.15) is 32.8 Å². The van der Waals surface area contributed by atoms with Crippen LogP contribution < -0.4 is 4.74 Å². The van der Waals surface area contributed by atoms with Gasteiger partial charge < -0.3 is 14.6 Å². The van der Waals surface area contributed by atoms with E-state index in [2.05, 4.69) is 0 Å². The van der Waals surface area contributed by atoms with E-state index < -0.39 is 6.10 Å². The smallest absolute Gasteiger partial charge is 0.130 e. The van der Waals surface area contributed by atoms with Crippen LogP contribution in [0.3, 0.4) is 0 Å². The summed E-state index contributed by atoms with van der Waals surface area (Å²) in [5.74, 6) is 0.943. The summed E-state index contributed by atoms with van der Waals surface area (Å²) in [6, 6.07) is 7.64. The van der Waals surface area contributed by atoms with Crippen LogP contribution >= 0.6 is 0 Å². The standard InChI is InChI=1S/C14H20O3/c1-10(15)4-5-13-6-8-14(9-7-13)17-12(3)11(2)16/h6-9,11-12,16H,4-5H2,1-3H3. The fraction of sp³-hybridized carbons (Fsp3) is 0.500. The average Bonchev–Trinajstić information content (AvgIpc) is 2.28. The highest BCUT2D eigenvalue weighted by molar-refractivity contribution is 5.75. The maximum absolute atomic E-state index is 10.9. The van der Waals surface area contributed by atoms with Gasteiger partial charge in [-0.25, -0.2) is 0 Å². The molecule has 0 aliphatic carbocycles. The first-order chi connectivity index (χ1) is 7.99. The molecule has 0 aliphatic heterocycles. The van der Waals surface area contributed by atoms with Crippen molar-refractivity contribution in [1.82, 2.24) is 0 Å².